The van der Waals surface area contributed by atoms with Gasteiger partial charge in [0.2, 0.25) is 5.91 Å². The van der Waals surface area contributed by atoms with Gasteiger partial charge < -0.3 is 16.0 Å². The van der Waals surface area contributed by atoms with Crippen LogP contribution in [0.3, 0.4) is 0 Å². The molecule has 4 N–H and O–H groups in total. The van der Waals surface area contributed by atoms with Crippen LogP contribution in [0.5, 0.6) is 0 Å². The van der Waals surface area contributed by atoms with Gasteiger partial charge in [-0.1, -0.05) is 18.6 Å². The summed E-state index contributed by atoms with van der Waals surface area (Å²) in [5.41, 5.74) is 1.89. The number of amides is 2. The summed E-state index contributed by atoms with van der Waals surface area (Å²) in [6.45, 7) is 1.99. The summed E-state index contributed by atoms with van der Waals surface area (Å²) in [7, 11) is 0. The molecule has 1 saturated carbocycles. The fraction of sp³-hybridized carbons (Fsp3) is 0.529. The highest BCUT2D eigenvalue weighted by Gasteiger charge is 2.40. The Morgan fingerprint density at radius 1 is 1.36 bits per heavy atom. The van der Waals surface area contributed by atoms with Gasteiger partial charge in [-0.05, 0) is 37.5 Å². The van der Waals surface area contributed by atoms with Gasteiger partial charge in [0.05, 0.1) is 12.5 Å². The fourth-order valence-corrected chi connectivity index (χ4v) is 3.54. The number of anilines is 1. The molecule has 0 radical (unpaired) electrons. The molecule has 5 nitrogen and oxygen atoms in total. The zero-order valence-electron chi connectivity index (χ0n) is 13.0. The average molecular weight is 302 g/mol. The van der Waals surface area contributed by atoms with Crippen molar-refractivity contribution in [2.75, 3.05) is 5.32 Å². The SMILES string of the molecule is Cc1cccc(NC(=O)C[C@H]2[NH2+][C@H]3CCCC[C@@H]3NC2=O)c1. The number of rotatable bonds is 3. The average Bonchev–Trinajstić information content (AvgIpc) is 2.48. The highest BCUT2D eigenvalue weighted by Crippen LogP contribution is 2.18. The van der Waals surface area contributed by atoms with Crippen LogP contribution in [-0.2, 0) is 9.59 Å². The number of piperazine rings is 1. The smallest absolute Gasteiger partial charge is 0.279 e. The first-order valence-electron chi connectivity index (χ1n) is 8.14. The van der Waals surface area contributed by atoms with E-state index in [0.29, 0.717) is 6.04 Å². The second-order valence-electron chi connectivity index (χ2n) is 6.48. The number of fused-ring (bicyclic) bond motifs is 1. The van der Waals surface area contributed by atoms with Crippen LogP contribution < -0.4 is 16.0 Å². The molecule has 0 spiro atoms. The molecule has 1 aliphatic heterocycles. The third kappa shape index (κ3) is 3.47. The molecule has 1 aromatic carbocycles. The number of nitrogens with one attached hydrogen (secondary N) is 2. The van der Waals surface area contributed by atoms with Crippen molar-refractivity contribution in [2.24, 2.45) is 0 Å². The molecule has 2 aliphatic rings. The minimum Gasteiger partial charge on any atom is -0.342 e. The molecule has 1 aromatic rings. The largest absolute Gasteiger partial charge is 0.342 e. The van der Waals surface area contributed by atoms with Crippen LogP contribution in [0.15, 0.2) is 24.3 Å². The highest BCUT2D eigenvalue weighted by atomic mass is 16.2. The van der Waals surface area contributed by atoms with E-state index in [0.717, 1.165) is 24.1 Å². The van der Waals surface area contributed by atoms with Crippen molar-refractivity contribution in [3.05, 3.63) is 29.8 Å². The zero-order chi connectivity index (χ0) is 15.5. The van der Waals surface area contributed by atoms with Crippen LogP contribution in [0, 0.1) is 6.92 Å². The van der Waals surface area contributed by atoms with Gasteiger partial charge in [-0.2, -0.15) is 0 Å². The van der Waals surface area contributed by atoms with Gasteiger partial charge in [-0.15, -0.1) is 0 Å². The molecule has 5 heteroatoms. The van der Waals surface area contributed by atoms with Crippen LogP contribution in [-0.4, -0.2) is 29.9 Å². The summed E-state index contributed by atoms with van der Waals surface area (Å²) in [5, 5.41) is 8.09. The lowest BCUT2D eigenvalue weighted by Crippen LogP contribution is -3.03. The van der Waals surface area contributed by atoms with Gasteiger partial charge in [0.1, 0.15) is 6.04 Å². The van der Waals surface area contributed by atoms with E-state index in [1.54, 1.807) is 0 Å². The number of benzene rings is 1. The molecule has 22 heavy (non-hydrogen) atoms. The molecular formula is C17H24N3O2+. The normalized spacial score (nSPS) is 27.7. The highest BCUT2D eigenvalue weighted by molar-refractivity contribution is 5.95. The van der Waals surface area contributed by atoms with E-state index in [1.807, 2.05) is 31.2 Å². The van der Waals surface area contributed by atoms with E-state index in [2.05, 4.69) is 16.0 Å². The number of hydrogen-bond donors (Lipinski definition) is 3. The molecule has 0 bridgehead atoms. The second kappa shape index (κ2) is 6.48. The van der Waals surface area contributed by atoms with Gasteiger partial charge in [0.25, 0.3) is 5.91 Å². The molecule has 2 fully saturated rings. The van der Waals surface area contributed by atoms with Crippen molar-refractivity contribution in [3.63, 3.8) is 0 Å². The van der Waals surface area contributed by atoms with Crippen molar-refractivity contribution in [1.82, 2.24) is 5.32 Å². The van der Waals surface area contributed by atoms with Crippen LogP contribution in [0.1, 0.15) is 37.7 Å². The molecule has 0 aromatic heterocycles. The van der Waals surface area contributed by atoms with Crippen molar-refractivity contribution in [3.8, 4) is 0 Å². The van der Waals surface area contributed by atoms with E-state index in [1.165, 1.54) is 12.8 Å². The Labute approximate surface area is 130 Å². The number of carbonyl (C=O) groups excluding carboxylic acids is 2. The number of quaternary nitrogens is 1. The Bertz CT molecular complexity index is 573. The van der Waals surface area contributed by atoms with Crippen LogP contribution in [0.4, 0.5) is 5.69 Å². The molecule has 0 unspecified atom stereocenters. The van der Waals surface area contributed by atoms with Crippen molar-refractivity contribution in [1.29, 1.82) is 0 Å². The first-order valence-corrected chi connectivity index (χ1v) is 8.14. The third-order valence-corrected chi connectivity index (χ3v) is 4.67. The summed E-state index contributed by atoms with van der Waals surface area (Å²) in [6, 6.07) is 8.12. The predicted octanol–water partition coefficient (Wildman–Crippen LogP) is 0.697. The van der Waals surface area contributed by atoms with E-state index in [-0.39, 0.29) is 30.3 Å². The van der Waals surface area contributed by atoms with E-state index >= 15 is 0 Å². The van der Waals surface area contributed by atoms with Gasteiger partial charge in [-0.25, -0.2) is 0 Å². The first-order chi connectivity index (χ1) is 10.6. The molecule has 1 aliphatic carbocycles. The zero-order valence-corrected chi connectivity index (χ0v) is 13.0. The molecular weight excluding hydrogens is 278 g/mol. The van der Waals surface area contributed by atoms with Gasteiger partial charge >= 0.3 is 0 Å². The maximum Gasteiger partial charge on any atom is 0.279 e. The van der Waals surface area contributed by atoms with Crippen molar-refractivity contribution < 1.29 is 14.9 Å². The van der Waals surface area contributed by atoms with Crippen LogP contribution >= 0.6 is 0 Å². The van der Waals surface area contributed by atoms with Crippen LogP contribution in [0.25, 0.3) is 0 Å². The molecule has 3 atom stereocenters. The fourth-order valence-electron chi connectivity index (χ4n) is 3.54. The molecule has 1 heterocycles. The third-order valence-electron chi connectivity index (χ3n) is 4.67. The summed E-state index contributed by atoms with van der Waals surface area (Å²) in [5.74, 6) is -0.0983. The summed E-state index contributed by atoms with van der Waals surface area (Å²) in [4.78, 5) is 24.4. The maximum atomic E-state index is 12.2. The topological polar surface area (TPSA) is 74.8 Å². The lowest BCUT2D eigenvalue weighted by molar-refractivity contribution is -0.718. The summed E-state index contributed by atoms with van der Waals surface area (Å²) in [6.07, 6.45) is 4.82. The standard InChI is InChI=1S/C17H23N3O2/c1-11-5-4-6-12(9-11)18-16(21)10-15-17(22)20-14-8-3-2-7-13(14)19-15/h4-6,9,13-15,19H,2-3,7-8,10H2,1H3,(H,18,21)(H,20,22)/p+1/t13-,14-,15+/m0/s1. The molecule has 118 valence electrons. The molecule has 2 amide bonds. The minimum absolute atomic E-state index is 0.00235. The van der Waals surface area contributed by atoms with Gasteiger partial charge in [0.15, 0.2) is 6.04 Å². The predicted molar refractivity (Wildman–Crippen MR) is 84.3 cm³/mol. The number of aryl methyl sites for hydroxylation is 1. The Morgan fingerprint density at radius 2 is 2.18 bits per heavy atom. The molecule has 1 saturated heterocycles. The van der Waals surface area contributed by atoms with Gasteiger partial charge in [0, 0.05) is 12.1 Å². The first kappa shape index (κ1) is 15.0. The maximum absolute atomic E-state index is 12.2. The Balaban J connectivity index is 1.57. The summed E-state index contributed by atoms with van der Waals surface area (Å²) < 4.78 is 0. The van der Waals surface area contributed by atoms with E-state index < -0.39 is 0 Å². The number of nitrogens with two attached hydrogens (primary N) is 1. The Kier molecular flexibility index (Phi) is 4.43. The van der Waals surface area contributed by atoms with Gasteiger partial charge in [-0.3, -0.25) is 9.59 Å². The number of hydrogen-bond acceptors (Lipinski definition) is 2. The lowest BCUT2D eigenvalue weighted by atomic mass is 9.87. The van der Waals surface area contributed by atoms with Crippen molar-refractivity contribution in [2.45, 2.75) is 57.2 Å². The number of carbonyl (C=O) groups is 2. The van der Waals surface area contributed by atoms with E-state index in [4.69, 9.17) is 0 Å². The van der Waals surface area contributed by atoms with Crippen LogP contribution in [0.2, 0.25) is 0 Å². The lowest BCUT2D eigenvalue weighted by Gasteiger charge is -2.37. The monoisotopic (exact) mass is 302 g/mol. The quantitative estimate of drug-likeness (QED) is 0.769. The minimum atomic E-state index is -0.302. The van der Waals surface area contributed by atoms with Crippen molar-refractivity contribution >= 4 is 17.5 Å². The van der Waals surface area contributed by atoms with E-state index in [9.17, 15) is 9.59 Å². The molecule has 3 rings (SSSR count). The Morgan fingerprint density at radius 3 is 3.00 bits per heavy atom. The second-order valence-corrected chi connectivity index (χ2v) is 6.48. The summed E-state index contributed by atoms with van der Waals surface area (Å²) >= 11 is 0. The Hall–Kier alpha value is -1.88.